The summed E-state index contributed by atoms with van der Waals surface area (Å²) in [5.41, 5.74) is 0.860. The number of aliphatic hydroxyl groups is 1. The number of aromatic nitrogens is 1. The first-order valence-corrected chi connectivity index (χ1v) is 10.4. The molecule has 1 aliphatic heterocycles. The van der Waals surface area contributed by atoms with Crippen molar-refractivity contribution in [3.8, 4) is 17.2 Å². The lowest BCUT2D eigenvalue weighted by atomic mass is 9.95. The van der Waals surface area contributed by atoms with E-state index in [9.17, 15) is 14.7 Å². The summed E-state index contributed by atoms with van der Waals surface area (Å²) in [6.07, 6.45) is 1.55. The molecule has 32 heavy (non-hydrogen) atoms. The number of ether oxygens (including phenoxy) is 3. The van der Waals surface area contributed by atoms with Gasteiger partial charge in [0.2, 0.25) is 0 Å². The van der Waals surface area contributed by atoms with Crippen molar-refractivity contribution in [1.82, 2.24) is 4.98 Å². The highest BCUT2D eigenvalue weighted by atomic mass is 32.1. The van der Waals surface area contributed by atoms with Gasteiger partial charge >= 0.3 is 5.91 Å². The van der Waals surface area contributed by atoms with Crippen molar-refractivity contribution in [2.45, 2.75) is 6.04 Å². The van der Waals surface area contributed by atoms with Crippen LogP contribution in [0.15, 0.2) is 59.6 Å². The molecule has 1 aromatic heterocycles. The molecule has 1 amide bonds. The molecule has 8 nitrogen and oxygen atoms in total. The first-order chi connectivity index (χ1) is 15.5. The Kier molecular flexibility index (Phi) is 5.83. The van der Waals surface area contributed by atoms with E-state index in [1.165, 1.54) is 37.6 Å². The summed E-state index contributed by atoms with van der Waals surface area (Å²) in [6, 6.07) is 10.8. The maximum atomic E-state index is 13.1. The molecule has 2 heterocycles. The summed E-state index contributed by atoms with van der Waals surface area (Å²) in [5, 5.41) is 13.2. The molecule has 1 aliphatic rings. The van der Waals surface area contributed by atoms with Gasteiger partial charge in [-0.2, -0.15) is 0 Å². The lowest BCUT2D eigenvalue weighted by Crippen LogP contribution is -2.29. The molecule has 2 aromatic carbocycles. The van der Waals surface area contributed by atoms with E-state index < -0.39 is 17.7 Å². The Morgan fingerprint density at radius 1 is 1.03 bits per heavy atom. The third-order valence-corrected chi connectivity index (χ3v) is 5.91. The Bertz CT molecular complexity index is 1200. The van der Waals surface area contributed by atoms with E-state index in [1.807, 2.05) is 0 Å². The number of benzene rings is 2. The van der Waals surface area contributed by atoms with E-state index in [-0.39, 0.29) is 11.3 Å². The van der Waals surface area contributed by atoms with Gasteiger partial charge < -0.3 is 19.3 Å². The van der Waals surface area contributed by atoms with Gasteiger partial charge in [0.1, 0.15) is 11.5 Å². The highest BCUT2D eigenvalue weighted by molar-refractivity contribution is 7.14. The van der Waals surface area contributed by atoms with Crippen LogP contribution in [0, 0.1) is 0 Å². The normalized spacial score (nSPS) is 17.5. The van der Waals surface area contributed by atoms with Crippen LogP contribution in [0.25, 0.3) is 5.76 Å². The Hall–Kier alpha value is -3.85. The number of hydrogen-bond donors (Lipinski definition) is 1. The number of thiazole rings is 1. The quantitative estimate of drug-likeness (QED) is 0.345. The molecule has 1 atom stereocenters. The smallest absolute Gasteiger partial charge is 0.301 e. The Morgan fingerprint density at radius 2 is 1.81 bits per heavy atom. The van der Waals surface area contributed by atoms with Crippen molar-refractivity contribution in [2.24, 2.45) is 0 Å². The molecule has 164 valence electrons. The molecule has 0 radical (unpaired) electrons. The van der Waals surface area contributed by atoms with E-state index in [0.29, 0.717) is 33.5 Å². The van der Waals surface area contributed by atoms with Gasteiger partial charge in [-0.3, -0.25) is 14.5 Å². The van der Waals surface area contributed by atoms with E-state index in [2.05, 4.69) is 4.98 Å². The molecular weight excluding hydrogens is 432 g/mol. The summed E-state index contributed by atoms with van der Waals surface area (Å²) < 4.78 is 15.9. The van der Waals surface area contributed by atoms with Gasteiger partial charge in [-0.1, -0.05) is 18.2 Å². The van der Waals surface area contributed by atoms with Gasteiger partial charge in [0, 0.05) is 17.1 Å². The Labute approximate surface area is 188 Å². The topological polar surface area (TPSA) is 98.2 Å². The molecule has 0 bridgehead atoms. The molecule has 0 aliphatic carbocycles. The monoisotopic (exact) mass is 452 g/mol. The lowest BCUT2D eigenvalue weighted by Gasteiger charge is -2.23. The largest absolute Gasteiger partial charge is 0.507 e. The zero-order valence-corrected chi connectivity index (χ0v) is 18.4. The highest BCUT2D eigenvalue weighted by Crippen LogP contribution is 2.44. The fourth-order valence-electron chi connectivity index (χ4n) is 3.63. The van der Waals surface area contributed by atoms with Crippen molar-refractivity contribution < 1.29 is 28.9 Å². The second-order valence-corrected chi connectivity index (χ2v) is 7.70. The average molecular weight is 452 g/mol. The summed E-state index contributed by atoms with van der Waals surface area (Å²) in [4.78, 5) is 31.7. The molecule has 3 aromatic rings. The first-order valence-electron chi connectivity index (χ1n) is 9.57. The molecule has 4 rings (SSSR count). The summed E-state index contributed by atoms with van der Waals surface area (Å²) >= 11 is 1.22. The summed E-state index contributed by atoms with van der Waals surface area (Å²) in [7, 11) is 4.52. The van der Waals surface area contributed by atoms with Crippen molar-refractivity contribution >= 4 is 33.9 Å². The fraction of sp³-hybridized carbons (Fsp3) is 0.174. The molecule has 1 N–H and O–H groups in total. The third kappa shape index (κ3) is 3.56. The number of aliphatic hydroxyl groups excluding tert-OH is 1. The fourth-order valence-corrected chi connectivity index (χ4v) is 4.30. The Morgan fingerprint density at radius 3 is 2.47 bits per heavy atom. The van der Waals surface area contributed by atoms with Crippen molar-refractivity contribution in [2.75, 3.05) is 26.2 Å². The number of methoxy groups -OCH3 is 3. The maximum absolute atomic E-state index is 13.1. The minimum absolute atomic E-state index is 0.0503. The SMILES string of the molecule is COc1cccc(/C(O)=C2\C(=O)C(=O)N(c3nccs3)C2c2ccc(OC)c(OC)c2)c1. The molecule has 1 unspecified atom stereocenters. The first kappa shape index (κ1) is 21.4. The number of anilines is 1. The Balaban J connectivity index is 1.95. The number of rotatable bonds is 6. The minimum atomic E-state index is -0.910. The number of ketones is 1. The third-order valence-electron chi connectivity index (χ3n) is 5.14. The number of Topliss-reactive ketones (excluding diaryl/α,β-unsaturated/α-hetero) is 1. The molecule has 0 saturated carbocycles. The second-order valence-electron chi connectivity index (χ2n) is 6.83. The van der Waals surface area contributed by atoms with Crippen molar-refractivity contribution in [3.63, 3.8) is 0 Å². The van der Waals surface area contributed by atoms with Gasteiger partial charge in [0.15, 0.2) is 16.6 Å². The van der Waals surface area contributed by atoms with E-state index in [4.69, 9.17) is 14.2 Å². The second kappa shape index (κ2) is 8.72. The average Bonchev–Trinajstić information content (AvgIpc) is 3.45. The summed E-state index contributed by atoms with van der Waals surface area (Å²) in [5.74, 6) is -0.456. The predicted molar refractivity (Wildman–Crippen MR) is 119 cm³/mol. The van der Waals surface area contributed by atoms with Gasteiger partial charge in [0.25, 0.3) is 5.78 Å². The van der Waals surface area contributed by atoms with Crippen LogP contribution in [0.3, 0.4) is 0 Å². The van der Waals surface area contributed by atoms with Crippen molar-refractivity contribution in [3.05, 3.63) is 70.7 Å². The number of carbonyl (C=O) groups excluding carboxylic acids is 2. The molecule has 1 saturated heterocycles. The van der Waals surface area contributed by atoms with Crippen LogP contribution in [0.1, 0.15) is 17.2 Å². The van der Waals surface area contributed by atoms with Crippen LogP contribution in [0.5, 0.6) is 17.2 Å². The van der Waals surface area contributed by atoms with E-state index >= 15 is 0 Å². The van der Waals surface area contributed by atoms with Crippen LogP contribution < -0.4 is 19.1 Å². The number of carbonyl (C=O) groups is 2. The standard InChI is InChI=1S/C23H20N2O6S/c1-29-15-6-4-5-14(11-15)20(26)18-19(13-7-8-16(30-2)17(12-13)31-3)25(22(28)21(18)27)23-24-9-10-32-23/h4-12,19,26H,1-3H3/b20-18+. The molecular formula is C23H20N2O6S. The van der Waals surface area contributed by atoms with Gasteiger partial charge in [-0.25, -0.2) is 4.98 Å². The van der Waals surface area contributed by atoms with Crippen LogP contribution in [-0.4, -0.2) is 43.1 Å². The highest BCUT2D eigenvalue weighted by Gasteiger charge is 2.48. The maximum Gasteiger partial charge on any atom is 0.301 e. The minimum Gasteiger partial charge on any atom is -0.507 e. The summed E-state index contributed by atoms with van der Waals surface area (Å²) in [6.45, 7) is 0. The van der Waals surface area contributed by atoms with E-state index in [1.54, 1.807) is 54.0 Å². The van der Waals surface area contributed by atoms with Crippen LogP contribution in [0.2, 0.25) is 0 Å². The van der Waals surface area contributed by atoms with Crippen LogP contribution in [-0.2, 0) is 9.59 Å². The van der Waals surface area contributed by atoms with Gasteiger partial charge in [-0.15, -0.1) is 11.3 Å². The van der Waals surface area contributed by atoms with Gasteiger partial charge in [0.05, 0.1) is 32.9 Å². The van der Waals surface area contributed by atoms with Crippen LogP contribution in [0.4, 0.5) is 5.13 Å². The predicted octanol–water partition coefficient (Wildman–Crippen LogP) is 3.80. The van der Waals surface area contributed by atoms with Gasteiger partial charge in [-0.05, 0) is 29.8 Å². The zero-order valence-electron chi connectivity index (χ0n) is 17.6. The number of hydrogen-bond acceptors (Lipinski definition) is 8. The van der Waals surface area contributed by atoms with Crippen LogP contribution >= 0.6 is 11.3 Å². The zero-order chi connectivity index (χ0) is 22.8. The molecule has 0 spiro atoms. The molecule has 1 fully saturated rings. The lowest BCUT2D eigenvalue weighted by molar-refractivity contribution is -0.132. The number of nitrogens with zero attached hydrogens (tertiary/aromatic N) is 2. The molecule has 9 heteroatoms. The number of amides is 1. The van der Waals surface area contributed by atoms with E-state index in [0.717, 1.165) is 0 Å². The van der Waals surface area contributed by atoms with Crippen molar-refractivity contribution in [1.29, 1.82) is 0 Å².